The molecule has 606 valence electrons. The van der Waals surface area contributed by atoms with E-state index in [2.05, 4.69) is 0 Å². The van der Waals surface area contributed by atoms with E-state index in [4.69, 9.17) is 52.5 Å². The summed E-state index contributed by atoms with van der Waals surface area (Å²) in [7, 11) is 4.84. The predicted octanol–water partition coefficient (Wildman–Crippen LogP) is 19.8. The molecule has 0 spiro atoms. The van der Waals surface area contributed by atoms with Crippen LogP contribution in [-0.2, 0) is 35.8 Å². The van der Waals surface area contributed by atoms with Gasteiger partial charge in [-0.1, -0.05) is 110 Å². The van der Waals surface area contributed by atoms with Crippen molar-refractivity contribution < 1.29 is 87.0 Å². The fourth-order valence-electron chi connectivity index (χ4n) is 14.8. The molecular formula is C97H95N3O18. The molecule has 0 aliphatic heterocycles. The van der Waals surface area contributed by atoms with E-state index in [1.165, 1.54) is 57.8 Å². The Hall–Kier alpha value is -13.1. The Balaban J connectivity index is 0.000000139. The van der Waals surface area contributed by atoms with Crippen molar-refractivity contribution >= 4 is 56.6 Å². The van der Waals surface area contributed by atoms with E-state index < -0.39 is 30.5 Å². The summed E-state index contributed by atoms with van der Waals surface area (Å²) >= 11 is 0. The number of methoxy groups -OCH3 is 3. The van der Waals surface area contributed by atoms with E-state index in [-0.39, 0.29) is 17.1 Å². The van der Waals surface area contributed by atoms with E-state index in [1.807, 2.05) is 221 Å². The van der Waals surface area contributed by atoms with Crippen molar-refractivity contribution in [3.05, 3.63) is 270 Å². The lowest BCUT2D eigenvalue weighted by atomic mass is 9.86. The number of hydrogen-bond acceptors (Lipinski definition) is 14. The van der Waals surface area contributed by atoms with Gasteiger partial charge in [0.2, 0.25) is 0 Å². The molecular weight excluding hydrogens is 1500 g/mol. The summed E-state index contributed by atoms with van der Waals surface area (Å²) < 4.78 is 62.8. The van der Waals surface area contributed by atoms with Gasteiger partial charge < -0.3 is 81.5 Å². The van der Waals surface area contributed by atoms with Crippen LogP contribution in [0.1, 0.15) is 112 Å². The topological polar surface area (TPSA) is 256 Å². The molecule has 4 aliphatic carbocycles. The summed E-state index contributed by atoms with van der Waals surface area (Å²) in [4.78, 5) is 49.4. The second kappa shape index (κ2) is 37.2. The number of aromatic carboxylic acids is 3. The summed E-state index contributed by atoms with van der Waals surface area (Å²) in [6, 6.07) is 72.6. The second-order valence-electron chi connectivity index (χ2n) is 30.4. The second-order valence-corrected chi connectivity index (χ2v) is 30.4. The molecule has 0 unspecified atom stereocenters. The quantitative estimate of drug-likeness (QED) is 0.0266. The zero-order valence-corrected chi connectivity index (χ0v) is 66.2. The van der Waals surface area contributed by atoms with Crippen LogP contribution >= 0.6 is 0 Å². The fraction of sp³-hybridized carbons (Fsp3) is 0.278. The van der Waals surface area contributed by atoms with Gasteiger partial charge in [-0.25, -0.2) is 19.2 Å². The summed E-state index contributed by atoms with van der Waals surface area (Å²) in [5, 5.41) is 42.7. The number of carboxylic acid groups (broad SMARTS) is 4. The number of ether oxygens (including phenoxy) is 10. The molecule has 0 amide bonds. The largest absolute Gasteiger partial charge is 0.497 e. The van der Waals surface area contributed by atoms with E-state index in [0.717, 1.165) is 103 Å². The van der Waals surface area contributed by atoms with Crippen LogP contribution in [0.3, 0.4) is 0 Å². The van der Waals surface area contributed by atoms with Crippen LogP contribution in [0.2, 0.25) is 0 Å². The summed E-state index contributed by atoms with van der Waals surface area (Å²) in [5.41, 5.74) is 11.0. The average Bonchev–Trinajstić information content (AvgIpc) is 1.60. The minimum absolute atomic E-state index is 0.125. The minimum atomic E-state index is -1.09. The Morgan fingerprint density at radius 2 is 0.644 bits per heavy atom. The lowest BCUT2D eigenvalue weighted by Crippen LogP contribution is -2.19. The third-order valence-corrected chi connectivity index (χ3v) is 21.8. The molecule has 4 saturated carbocycles. The molecule has 118 heavy (non-hydrogen) atoms. The molecule has 4 N–H and O–H groups in total. The van der Waals surface area contributed by atoms with Crippen molar-refractivity contribution in [2.75, 3.05) is 67.6 Å². The Bertz CT molecular complexity index is 5700. The number of benzene rings is 10. The van der Waals surface area contributed by atoms with Gasteiger partial charge in [-0.05, 0) is 241 Å². The SMILES string of the molecule is COc1cccc(Cn2c(C(=O)O)c(-c3ccc(OCC4CC4)cc3)c3cc(OCC(=O)O)ccc32)c1.COc1cccc(Cn2c(C(=O)O)c(-c3ccc(OCC4CC4)cc3)c3cc(OCC4CCC4)ccc32)c1.COc1cccc(Cn2c(C(=O)O)c(-c3ccc(OCC4CC4)cc3)c3cc(OCCOCc4ccccc4)ccc32)c1. The first-order valence-electron chi connectivity index (χ1n) is 40.1. The molecule has 4 fully saturated rings. The maximum absolute atomic E-state index is 12.9. The number of aliphatic carboxylic acids is 1. The number of rotatable bonds is 36. The summed E-state index contributed by atoms with van der Waals surface area (Å²) in [5.74, 6) is 4.64. The van der Waals surface area contributed by atoms with Crippen molar-refractivity contribution in [3.8, 4) is 85.1 Å². The van der Waals surface area contributed by atoms with Gasteiger partial charge in [-0.3, -0.25) is 0 Å². The zero-order chi connectivity index (χ0) is 81.6. The van der Waals surface area contributed by atoms with Crippen molar-refractivity contribution in [1.82, 2.24) is 13.7 Å². The van der Waals surface area contributed by atoms with Gasteiger partial charge in [-0.15, -0.1) is 0 Å². The van der Waals surface area contributed by atoms with Crippen molar-refractivity contribution in [3.63, 3.8) is 0 Å². The zero-order valence-electron chi connectivity index (χ0n) is 66.2. The van der Waals surface area contributed by atoms with Gasteiger partial charge in [-0.2, -0.15) is 0 Å². The number of nitrogens with zero attached hydrogens (tertiary/aromatic N) is 3. The van der Waals surface area contributed by atoms with Crippen LogP contribution < -0.4 is 42.6 Å². The van der Waals surface area contributed by atoms with Gasteiger partial charge in [0.15, 0.2) is 6.61 Å². The predicted molar refractivity (Wildman–Crippen MR) is 452 cm³/mol. The Kier molecular flexibility index (Phi) is 25.2. The maximum atomic E-state index is 12.9. The number of fused-ring (bicyclic) bond motifs is 3. The molecule has 21 nitrogen and oxygen atoms in total. The number of aromatic nitrogens is 3. The van der Waals surface area contributed by atoms with E-state index in [1.54, 1.807) is 44.1 Å². The third kappa shape index (κ3) is 19.9. The lowest BCUT2D eigenvalue weighted by molar-refractivity contribution is -0.139. The summed E-state index contributed by atoms with van der Waals surface area (Å²) in [6.45, 7) is 4.73. The highest BCUT2D eigenvalue weighted by atomic mass is 16.5. The third-order valence-electron chi connectivity index (χ3n) is 21.8. The van der Waals surface area contributed by atoms with Gasteiger partial charge >= 0.3 is 23.9 Å². The smallest absolute Gasteiger partial charge is 0.353 e. The first-order chi connectivity index (χ1) is 57.6. The first kappa shape index (κ1) is 80.1. The van der Waals surface area contributed by atoms with Crippen LogP contribution in [0.5, 0.6) is 51.7 Å². The average molecular weight is 1590 g/mol. The van der Waals surface area contributed by atoms with Crippen LogP contribution in [0, 0.1) is 23.7 Å². The van der Waals surface area contributed by atoms with Gasteiger partial charge in [0, 0.05) is 69.0 Å². The maximum Gasteiger partial charge on any atom is 0.353 e. The monoisotopic (exact) mass is 1590 g/mol. The molecule has 3 heterocycles. The van der Waals surface area contributed by atoms with Gasteiger partial charge in [0.1, 0.15) is 75.4 Å². The van der Waals surface area contributed by atoms with E-state index >= 15 is 0 Å². The Morgan fingerprint density at radius 1 is 0.322 bits per heavy atom. The molecule has 0 atom stereocenters. The normalized spacial score (nSPS) is 13.6. The summed E-state index contributed by atoms with van der Waals surface area (Å²) in [6.07, 6.45) is 11.0. The van der Waals surface area contributed by atoms with E-state index in [0.29, 0.717) is 127 Å². The van der Waals surface area contributed by atoms with Gasteiger partial charge in [0.25, 0.3) is 0 Å². The van der Waals surface area contributed by atoms with Crippen LogP contribution in [0.4, 0.5) is 0 Å². The standard InChI is InChI=1S/C36H35NO6.C32H33NO5.C29H27NO7/c1-40-30-9-5-8-27(20-30)22-37-33-17-16-31(42-19-18-41-23-25-6-3-2-4-7-25)21-32(33)34(35(37)36(38)39)28-12-14-29(15-13-28)43-24-26-10-11-26;1-36-26-7-3-6-23(16-26)18-33-29-15-14-27(38-19-21-4-2-5-21)17-28(29)30(31(33)32(34)35)24-10-12-25(13-11-24)37-20-22-8-9-22;1-35-22-4-2-3-19(13-22)15-30-25-12-11-23(37-17-26(31)32)14-24(25)27(28(30)29(33)34)20-7-9-21(10-8-20)36-16-18-5-6-18/h2-9,12-17,20-21,26H,10-11,18-19,22-24H2,1H3,(H,38,39);3,6-7,10-17,21-22H,2,4-5,8-9,18-20H2,1H3,(H,34,35);2-4,7-14,18H,5-6,15-17H2,1H3,(H,31,32)(H,33,34). The Labute approximate surface area is 684 Å². The highest BCUT2D eigenvalue weighted by Crippen LogP contribution is 2.44. The molecule has 4 aliphatic rings. The Morgan fingerprint density at radius 3 is 0.966 bits per heavy atom. The van der Waals surface area contributed by atoms with Crippen molar-refractivity contribution in [1.29, 1.82) is 0 Å². The number of carboxylic acids is 4. The van der Waals surface area contributed by atoms with Crippen LogP contribution in [0.15, 0.2) is 231 Å². The highest BCUT2D eigenvalue weighted by Gasteiger charge is 2.31. The first-order valence-corrected chi connectivity index (χ1v) is 40.1. The fourth-order valence-corrected chi connectivity index (χ4v) is 14.8. The van der Waals surface area contributed by atoms with Crippen LogP contribution in [-0.4, -0.2) is 126 Å². The van der Waals surface area contributed by atoms with Crippen molar-refractivity contribution in [2.24, 2.45) is 23.7 Å². The molecule has 0 bridgehead atoms. The molecule has 17 rings (SSSR count). The molecule has 10 aromatic carbocycles. The van der Waals surface area contributed by atoms with E-state index in [9.17, 15) is 34.5 Å². The molecule has 13 aromatic rings. The number of carbonyl (C=O) groups is 4. The molecule has 0 radical (unpaired) electrons. The minimum Gasteiger partial charge on any atom is -0.497 e. The van der Waals surface area contributed by atoms with Crippen molar-refractivity contribution in [2.45, 2.75) is 84.0 Å². The van der Waals surface area contributed by atoms with Crippen LogP contribution in [0.25, 0.3) is 66.1 Å². The van der Waals surface area contributed by atoms with Gasteiger partial charge in [0.05, 0.1) is 61.0 Å². The number of hydrogen-bond donors (Lipinski definition) is 4. The molecule has 3 aromatic heterocycles. The molecule has 21 heteroatoms. The highest BCUT2D eigenvalue weighted by molar-refractivity contribution is 6.11. The molecule has 0 saturated heterocycles. The lowest BCUT2D eigenvalue weighted by Gasteiger charge is -2.25.